The Morgan fingerprint density at radius 3 is 2.83 bits per heavy atom. The zero-order chi connectivity index (χ0) is 12.8. The van der Waals surface area contributed by atoms with E-state index in [-0.39, 0.29) is 6.01 Å². The van der Waals surface area contributed by atoms with E-state index in [2.05, 4.69) is 25.3 Å². The zero-order valence-corrected chi connectivity index (χ0v) is 10.2. The predicted molar refractivity (Wildman–Crippen MR) is 63.9 cm³/mol. The van der Waals surface area contributed by atoms with E-state index in [1.165, 1.54) is 0 Å². The normalized spacial score (nSPS) is 10.3. The molecule has 0 unspecified atom stereocenters. The standard InChI is InChI=1S/C10H14N6O2/c1-11-8-13-9(16-4-3-12-7-16)15-10(14-8)18-6-5-17-2/h3-4,7H,5-6H2,1-2H3,(H,11,13,14,15). The van der Waals surface area contributed by atoms with Gasteiger partial charge in [0.2, 0.25) is 11.9 Å². The van der Waals surface area contributed by atoms with Crippen molar-refractivity contribution in [1.82, 2.24) is 24.5 Å². The van der Waals surface area contributed by atoms with Gasteiger partial charge in [-0.3, -0.25) is 4.57 Å². The average molecular weight is 250 g/mol. The Balaban J connectivity index is 2.22. The lowest BCUT2D eigenvalue weighted by Gasteiger charge is -2.07. The molecule has 0 saturated heterocycles. The van der Waals surface area contributed by atoms with Crippen molar-refractivity contribution in [2.45, 2.75) is 0 Å². The summed E-state index contributed by atoms with van der Waals surface area (Å²) in [4.78, 5) is 16.4. The summed E-state index contributed by atoms with van der Waals surface area (Å²) >= 11 is 0. The van der Waals surface area contributed by atoms with Crippen molar-refractivity contribution in [3.05, 3.63) is 18.7 Å². The number of nitrogens with zero attached hydrogens (tertiary/aromatic N) is 5. The van der Waals surface area contributed by atoms with E-state index in [0.717, 1.165) is 0 Å². The molecule has 0 saturated carbocycles. The molecule has 96 valence electrons. The fourth-order valence-corrected chi connectivity index (χ4v) is 1.23. The molecule has 1 N–H and O–H groups in total. The molecule has 0 bridgehead atoms. The summed E-state index contributed by atoms with van der Waals surface area (Å²) in [5.74, 6) is 0.875. The van der Waals surface area contributed by atoms with Crippen LogP contribution in [0.15, 0.2) is 18.7 Å². The van der Waals surface area contributed by atoms with Gasteiger partial charge in [-0.1, -0.05) is 0 Å². The molecule has 0 aliphatic heterocycles. The Morgan fingerprint density at radius 2 is 2.17 bits per heavy atom. The van der Waals surface area contributed by atoms with Crippen LogP contribution in [0.5, 0.6) is 6.01 Å². The lowest BCUT2D eigenvalue weighted by Crippen LogP contribution is -2.11. The molecule has 0 aliphatic carbocycles. The van der Waals surface area contributed by atoms with E-state index in [9.17, 15) is 0 Å². The van der Waals surface area contributed by atoms with Crippen molar-refractivity contribution in [2.75, 3.05) is 32.7 Å². The molecule has 0 aromatic carbocycles. The van der Waals surface area contributed by atoms with Gasteiger partial charge >= 0.3 is 6.01 Å². The van der Waals surface area contributed by atoms with Crippen molar-refractivity contribution in [2.24, 2.45) is 0 Å². The van der Waals surface area contributed by atoms with E-state index in [0.29, 0.717) is 25.1 Å². The quantitative estimate of drug-likeness (QED) is 0.729. The van der Waals surface area contributed by atoms with Crippen molar-refractivity contribution in [1.29, 1.82) is 0 Å². The third-order valence-corrected chi connectivity index (χ3v) is 2.08. The Morgan fingerprint density at radius 1 is 1.28 bits per heavy atom. The van der Waals surface area contributed by atoms with Gasteiger partial charge in [0.05, 0.1) is 6.61 Å². The second-order valence-electron chi connectivity index (χ2n) is 3.30. The molecule has 2 heterocycles. The van der Waals surface area contributed by atoms with Crippen molar-refractivity contribution in [3.8, 4) is 12.0 Å². The van der Waals surface area contributed by atoms with E-state index in [1.54, 1.807) is 37.4 Å². The lowest BCUT2D eigenvalue weighted by atomic mass is 10.7. The van der Waals surface area contributed by atoms with Crippen molar-refractivity contribution < 1.29 is 9.47 Å². The molecule has 0 atom stereocenters. The highest BCUT2D eigenvalue weighted by Crippen LogP contribution is 2.10. The summed E-state index contributed by atoms with van der Waals surface area (Å²) in [5, 5.41) is 2.85. The van der Waals surface area contributed by atoms with Gasteiger partial charge in [0.15, 0.2) is 0 Å². The molecule has 0 amide bonds. The number of rotatable bonds is 6. The molecule has 2 aromatic rings. The van der Waals surface area contributed by atoms with Crippen molar-refractivity contribution >= 4 is 5.95 Å². The van der Waals surface area contributed by atoms with Crippen LogP contribution in [0.2, 0.25) is 0 Å². The summed E-state index contributed by atoms with van der Waals surface area (Å²) in [6.07, 6.45) is 5.00. The van der Waals surface area contributed by atoms with E-state index < -0.39 is 0 Å². The number of ether oxygens (including phenoxy) is 2. The molecule has 8 heteroatoms. The molecule has 0 radical (unpaired) electrons. The number of nitrogens with one attached hydrogen (secondary N) is 1. The minimum atomic E-state index is 0.245. The number of hydrogen-bond donors (Lipinski definition) is 1. The van der Waals surface area contributed by atoms with Gasteiger partial charge in [-0.15, -0.1) is 0 Å². The SMILES string of the molecule is CNc1nc(OCCOC)nc(-n2ccnc2)n1. The Labute approximate surface area is 104 Å². The molecule has 2 aromatic heterocycles. The van der Waals surface area contributed by atoms with Crippen LogP contribution < -0.4 is 10.1 Å². The first-order valence-corrected chi connectivity index (χ1v) is 5.37. The zero-order valence-electron chi connectivity index (χ0n) is 10.2. The van der Waals surface area contributed by atoms with Crippen LogP contribution in [0.1, 0.15) is 0 Å². The smallest absolute Gasteiger partial charge is 0.323 e. The largest absolute Gasteiger partial charge is 0.461 e. The maximum Gasteiger partial charge on any atom is 0.323 e. The highest BCUT2D eigenvalue weighted by Gasteiger charge is 2.07. The second-order valence-corrected chi connectivity index (χ2v) is 3.30. The van der Waals surface area contributed by atoms with Crippen LogP contribution >= 0.6 is 0 Å². The highest BCUT2D eigenvalue weighted by atomic mass is 16.5. The Kier molecular flexibility index (Phi) is 4.02. The molecule has 0 spiro atoms. The predicted octanol–water partition coefficient (Wildman–Crippen LogP) is 0.124. The summed E-state index contributed by atoms with van der Waals surface area (Å²) in [6.45, 7) is 0.855. The van der Waals surface area contributed by atoms with Crippen LogP contribution in [-0.4, -0.2) is 51.9 Å². The highest BCUT2D eigenvalue weighted by molar-refractivity contribution is 5.29. The van der Waals surface area contributed by atoms with E-state index >= 15 is 0 Å². The topological polar surface area (TPSA) is 87.0 Å². The molecule has 0 fully saturated rings. The first kappa shape index (κ1) is 12.2. The van der Waals surface area contributed by atoms with Crippen molar-refractivity contribution in [3.63, 3.8) is 0 Å². The number of hydrogen-bond acceptors (Lipinski definition) is 7. The average Bonchev–Trinajstić information content (AvgIpc) is 2.92. The van der Waals surface area contributed by atoms with E-state index in [4.69, 9.17) is 9.47 Å². The van der Waals surface area contributed by atoms with Crippen LogP contribution in [0.3, 0.4) is 0 Å². The van der Waals surface area contributed by atoms with Gasteiger partial charge in [-0.2, -0.15) is 15.0 Å². The van der Waals surface area contributed by atoms with E-state index in [1.807, 2.05) is 0 Å². The molecule has 8 nitrogen and oxygen atoms in total. The number of anilines is 1. The van der Waals surface area contributed by atoms with Gasteiger partial charge in [0, 0.05) is 26.6 Å². The van der Waals surface area contributed by atoms with Crippen LogP contribution in [0.25, 0.3) is 5.95 Å². The van der Waals surface area contributed by atoms with Crippen LogP contribution in [-0.2, 0) is 4.74 Å². The summed E-state index contributed by atoms with van der Waals surface area (Å²) in [5.41, 5.74) is 0. The molecule has 0 aliphatic rings. The monoisotopic (exact) mass is 250 g/mol. The summed E-state index contributed by atoms with van der Waals surface area (Å²) in [6, 6.07) is 0.245. The molecular weight excluding hydrogens is 236 g/mol. The fraction of sp³-hybridized carbons (Fsp3) is 0.400. The third kappa shape index (κ3) is 2.92. The maximum absolute atomic E-state index is 5.37. The van der Waals surface area contributed by atoms with Gasteiger partial charge in [0.25, 0.3) is 0 Å². The van der Waals surface area contributed by atoms with Gasteiger partial charge in [-0.25, -0.2) is 4.98 Å². The Bertz CT molecular complexity index is 487. The summed E-state index contributed by atoms with van der Waals surface area (Å²) in [7, 11) is 3.33. The molecular formula is C10H14N6O2. The second kappa shape index (κ2) is 5.92. The molecule has 18 heavy (non-hydrogen) atoms. The van der Waals surface area contributed by atoms with Crippen LogP contribution in [0.4, 0.5) is 5.95 Å². The number of imidazole rings is 1. The number of aromatic nitrogens is 5. The lowest BCUT2D eigenvalue weighted by molar-refractivity contribution is 0.140. The fourth-order valence-electron chi connectivity index (χ4n) is 1.23. The maximum atomic E-state index is 5.37. The van der Waals surface area contributed by atoms with Gasteiger partial charge in [0.1, 0.15) is 12.9 Å². The van der Waals surface area contributed by atoms with Crippen LogP contribution in [0, 0.1) is 0 Å². The molecule has 2 rings (SSSR count). The van der Waals surface area contributed by atoms with Gasteiger partial charge < -0.3 is 14.8 Å². The minimum absolute atomic E-state index is 0.245. The minimum Gasteiger partial charge on any atom is -0.461 e. The third-order valence-electron chi connectivity index (χ3n) is 2.08. The summed E-state index contributed by atoms with van der Waals surface area (Å²) < 4.78 is 11.9. The first-order chi connectivity index (χ1) is 8.83. The first-order valence-electron chi connectivity index (χ1n) is 5.37. The number of methoxy groups -OCH3 is 1. The Hall–Kier alpha value is -2.22. The van der Waals surface area contributed by atoms with Gasteiger partial charge in [-0.05, 0) is 0 Å².